The minimum Gasteiger partial charge on any atom is -0.316 e. The van der Waals surface area contributed by atoms with Crippen LogP contribution in [0.5, 0.6) is 0 Å². The topological polar surface area (TPSA) is 12.0 Å². The molecule has 0 aliphatic carbocycles. The molecule has 0 spiro atoms. The summed E-state index contributed by atoms with van der Waals surface area (Å²) in [5.41, 5.74) is 0.743. The molecule has 0 fully saturated rings. The average Bonchev–Trinajstić information content (AvgIpc) is 2.41. The van der Waals surface area contributed by atoms with Crippen molar-refractivity contribution < 1.29 is 4.39 Å². The van der Waals surface area contributed by atoms with Crippen LogP contribution in [-0.2, 0) is 6.42 Å². The van der Waals surface area contributed by atoms with Crippen LogP contribution in [-0.4, -0.2) is 13.1 Å². The Kier molecular flexibility index (Phi) is 6.81. The van der Waals surface area contributed by atoms with E-state index in [4.69, 9.17) is 11.6 Å². The first-order valence-corrected chi connectivity index (χ1v) is 7.60. The molecule has 0 radical (unpaired) electrons. The van der Waals surface area contributed by atoms with Crippen LogP contribution in [0, 0.1) is 11.2 Å². The first kappa shape index (κ1) is 16.5. The second kappa shape index (κ2) is 7.86. The molecule has 1 N–H and O–H groups in total. The zero-order chi connectivity index (χ0) is 14.3. The lowest BCUT2D eigenvalue weighted by Crippen LogP contribution is -2.36. The van der Waals surface area contributed by atoms with E-state index in [-0.39, 0.29) is 11.2 Å². The Morgan fingerprint density at radius 1 is 1.21 bits per heavy atom. The number of benzene rings is 1. The summed E-state index contributed by atoms with van der Waals surface area (Å²) >= 11 is 6.15. The quantitative estimate of drug-likeness (QED) is 0.675. The van der Waals surface area contributed by atoms with E-state index in [0.717, 1.165) is 32.4 Å². The molecule has 0 atom stereocenters. The molecule has 0 amide bonds. The third-order valence-corrected chi connectivity index (χ3v) is 4.39. The second-order valence-electron chi connectivity index (χ2n) is 5.26. The SMILES string of the molecule is CCCNCC(CC)(CC)Cc1c(F)cccc1Cl. The van der Waals surface area contributed by atoms with Crippen molar-refractivity contribution in [3.05, 3.63) is 34.6 Å². The van der Waals surface area contributed by atoms with Gasteiger partial charge in [0.05, 0.1) is 0 Å². The van der Waals surface area contributed by atoms with Crippen LogP contribution in [0.2, 0.25) is 5.02 Å². The monoisotopic (exact) mass is 285 g/mol. The first-order valence-electron chi connectivity index (χ1n) is 7.22. The third kappa shape index (κ3) is 4.47. The summed E-state index contributed by atoms with van der Waals surface area (Å²) in [5.74, 6) is -0.186. The summed E-state index contributed by atoms with van der Waals surface area (Å²) < 4.78 is 13.9. The summed E-state index contributed by atoms with van der Waals surface area (Å²) in [4.78, 5) is 0. The molecule has 3 heteroatoms. The molecule has 0 unspecified atom stereocenters. The van der Waals surface area contributed by atoms with Crippen molar-refractivity contribution in [3.8, 4) is 0 Å². The predicted octanol–water partition coefficient (Wildman–Crippen LogP) is 4.83. The van der Waals surface area contributed by atoms with Crippen LogP contribution >= 0.6 is 11.6 Å². The van der Waals surface area contributed by atoms with Gasteiger partial charge < -0.3 is 5.32 Å². The molecule has 0 aliphatic heterocycles. The Hall–Kier alpha value is -0.600. The van der Waals surface area contributed by atoms with Gasteiger partial charge in [-0.15, -0.1) is 0 Å². The van der Waals surface area contributed by atoms with Gasteiger partial charge in [-0.1, -0.05) is 38.4 Å². The number of halogens is 2. The zero-order valence-electron chi connectivity index (χ0n) is 12.2. The zero-order valence-corrected chi connectivity index (χ0v) is 13.0. The maximum atomic E-state index is 13.9. The molecule has 19 heavy (non-hydrogen) atoms. The fourth-order valence-electron chi connectivity index (χ4n) is 2.42. The Bertz CT molecular complexity index is 368. The van der Waals surface area contributed by atoms with E-state index in [1.165, 1.54) is 6.07 Å². The van der Waals surface area contributed by atoms with Crippen molar-refractivity contribution in [1.29, 1.82) is 0 Å². The minimum absolute atomic E-state index is 0.0843. The standard InChI is InChI=1S/C16H25ClFN/c1-4-10-19-12-16(5-2,6-3)11-13-14(17)8-7-9-15(13)18/h7-9,19H,4-6,10-12H2,1-3H3. The van der Waals surface area contributed by atoms with E-state index in [0.29, 0.717) is 17.0 Å². The van der Waals surface area contributed by atoms with E-state index in [1.807, 2.05) is 0 Å². The van der Waals surface area contributed by atoms with Crippen LogP contribution in [0.15, 0.2) is 18.2 Å². The smallest absolute Gasteiger partial charge is 0.127 e. The summed E-state index contributed by atoms with van der Waals surface area (Å²) in [6.45, 7) is 8.42. The van der Waals surface area contributed by atoms with Gasteiger partial charge in [-0.2, -0.15) is 0 Å². The van der Waals surface area contributed by atoms with Crippen molar-refractivity contribution >= 4 is 11.6 Å². The van der Waals surface area contributed by atoms with Crippen molar-refractivity contribution in [2.75, 3.05) is 13.1 Å². The van der Waals surface area contributed by atoms with Gasteiger partial charge >= 0.3 is 0 Å². The molecular weight excluding hydrogens is 261 g/mol. The van der Waals surface area contributed by atoms with Crippen molar-refractivity contribution in [2.24, 2.45) is 5.41 Å². The molecule has 1 aromatic rings. The van der Waals surface area contributed by atoms with Crippen molar-refractivity contribution in [3.63, 3.8) is 0 Å². The van der Waals surface area contributed by atoms with Crippen molar-refractivity contribution in [2.45, 2.75) is 46.5 Å². The molecule has 0 saturated heterocycles. The second-order valence-corrected chi connectivity index (χ2v) is 5.67. The third-order valence-electron chi connectivity index (χ3n) is 4.04. The maximum Gasteiger partial charge on any atom is 0.127 e. The van der Waals surface area contributed by atoms with E-state index in [9.17, 15) is 4.39 Å². The number of nitrogens with one attached hydrogen (secondary N) is 1. The highest BCUT2D eigenvalue weighted by Crippen LogP contribution is 2.34. The maximum absolute atomic E-state index is 13.9. The fourth-order valence-corrected chi connectivity index (χ4v) is 2.65. The summed E-state index contributed by atoms with van der Waals surface area (Å²) in [5, 5.41) is 4.01. The molecule has 0 aromatic heterocycles. The molecule has 0 aliphatic rings. The molecular formula is C16H25ClFN. The average molecular weight is 286 g/mol. The molecule has 108 valence electrons. The molecule has 0 bridgehead atoms. The highest BCUT2D eigenvalue weighted by molar-refractivity contribution is 6.31. The molecule has 1 nitrogen and oxygen atoms in total. The summed E-state index contributed by atoms with van der Waals surface area (Å²) in [6, 6.07) is 4.93. The lowest BCUT2D eigenvalue weighted by atomic mass is 9.76. The Morgan fingerprint density at radius 2 is 1.89 bits per heavy atom. The van der Waals surface area contributed by atoms with E-state index in [1.54, 1.807) is 12.1 Å². The van der Waals surface area contributed by atoms with Crippen LogP contribution in [0.4, 0.5) is 4.39 Å². The number of rotatable bonds is 8. The van der Waals surface area contributed by atoms with Crippen LogP contribution in [0.25, 0.3) is 0 Å². The first-order chi connectivity index (χ1) is 9.08. The highest BCUT2D eigenvalue weighted by Gasteiger charge is 2.28. The lowest BCUT2D eigenvalue weighted by Gasteiger charge is -2.32. The van der Waals surface area contributed by atoms with Gasteiger partial charge in [0.2, 0.25) is 0 Å². The normalized spacial score (nSPS) is 11.8. The van der Waals surface area contributed by atoms with Crippen molar-refractivity contribution in [1.82, 2.24) is 5.32 Å². The van der Waals surface area contributed by atoms with E-state index < -0.39 is 0 Å². The lowest BCUT2D eigenvalue weighted by molar-refractivity contribution is 0.244. The number of hydrogen-bond acceptors (Lipinski definition) is 1. The molecule has 0 saturated carbocycles. The van der Waals surface area contributed by atoms with Gasteiger partial charge in [0.25, 0.3) is 0 Å². The summed E-state index contributed by atoms with van der Waals surface area (Å²) in [6.07, 6.45) is 3.85. The Balaban J connectivity index is 2.88. The summed E-state index contributed by atoms with van der Waals surface area (Å²) in [7, 11) is 0. The Morgan fingerprint density at radius 3 is 2.42 bits per heavy atom. The van der Waals surface area contributed by atoms with Gasteiger partial charge in [-0.3, -0.25) is 0 Å². The number of hydrogen-bond donors (Lipinski definition) is 1. The van der Waals surface area contributed by atoms with Gasteiger partial charge in [0.1, 0.15) is 5.82 Å². The largest absolute Gasteiger partial charge is 0.316 e. The fraction of sp³-hybridized carbons (Fsp3) is 0.625. The minimum atomic E-state index is -0.186. The molecule has 1 rings (SSSR count). The van der Waals surface area contributed by atoms with Gasteiger partial charge in [0, 0.05) is 17.1 Å². The van der Waals surface area contributed by atoms with Gasteiger partial charge in [0.15, 0.2) is 0 Å². The Labute approximate surface area is 121 Å². The predicted molar refractivity (Wildman–Crippen MR) is 81.3 cm³/mol. The van der Waals surface area contributed by atoms with E-state index in [2.05, 4.69) is 26.1 Å². The molecule has 1 aromatic carbocycles. The highest BCUT2D eigenvalue weighted by atomic mass is 35.5. The van der Waals surface area contributed by atoms with Crippen LogP contribution in [0.1, 0.15) is 45.6 Å². The van der Waals surface area contributed by atoms with E-state index >= 15 is 0 Å². The van der Waals surface area contributed by atoms with Gasteiger partial charge in [-0.05, 0) is 49.8 Å². The van der Waals surface area contributed by atoms with Crippen LogP contribution in [0.3, 0.4) is 0 Å². The molecule has 0 heterocycles. The van der Waals surface area contributed by atoms with Crippen LogP contribution < -0.4 is 5.32 Å². The van der Waals surface area contributed by atoms with Gasteiger partial charge in [-0.25, -0.2) is 4.39 Å².